The molecule has 0 saturated carbocycles. The van der Waals surface area contributed by atoms with E-state index in [0.717, 1.165) is 19.3 Å². The van der Waals surface area contributed by atoms with Crippen LogP contribution in [-0.2, 0) is 15.5 Å². The molecule has 3 N–H and O–H groups in total. The molecule has 5 nitrogen and oxygen atoms in total. The fourth-order valence-corrected chi connectivity index (χ4v) is 3.17. The topological polar surface area (TPSA) is 81.8 Å². The Morgan fingerprint density at radius 2 is 1.93 bits per heavy atom. The average Bonchev–Trinajstić information content (AvgIpc) is 2.70. The molecule has 160 valence electrons. The number of aliphatic hydroxyl groups is 1. The van der Waals surface area contributed by atoms with E-state index < -0.39 is 20.7 Å². The number of aryl methyl sites for hydroxylation is 1. The van der Waals surface area contributed by atoms with Crippen molar-refractivity contribution in [2.24, 2.45) is 5.73 Å². The molecular formula is C20H32F2NO4P. The maximum absolute atomic E-state index is 13.4. The minimum Gasteiger partial charge on any atom is -0.493 e. The van der Waals surface area contributed by atoms with Gasteiger partial charge in [-0.2, -0.15) is 0 Å². The van der Waals surface area contributed by atoms with Gasteiger partial charge < -0.3 is 15.6 Å². The van der Waals surface area contributed by atoms with Gasteiger partial charge in [0.2, 0.25) is 0 Å². The van der Waals surface area contributed by atoms with E-state index in [0.29, 0.717) is 25.0 Å². The molecule has 1 aromatic rings. The second-order valence-electron chi connectivity index (χ2n) is 7.16. The molecule has 0 bridgehead atoms. The first-order chi connectivity index (χ1) is 13.5. The van der Waals surface area contributed by atoms with Gasteiger partial charge in [-0.15, -0.1) is 0 Å². The number of rotatable bonds is 16. The lowest BCUT2D eigenvalue weighted by Gasteiger charge is -2.25. The minimum absolute atomic E-state index is 0.0876. The number of unbranched alkanes of at least 4 members (excludes halogenated alkanes) is 5. The Morgan fingerprint density at radius 1 is 1.21 bits per heavy atom. The lowest BCUT2D eigenvalue weighted by molar-refractivity contribution is 0.133. The van der Waals surface area contributed by atoms with Crippen molar-refractivity contribution in [1.82, 2.24) is 0 Å². The first-order valence-corrected chi connectivity index (χ1v) is 10.6. The molecule has 1 atom stereocenters. The van der Waals surface area contributed by atoms with Gasteiger partial charge in [0.25, 0.3) is 6.43 Å². The standard InChI is InChI=1S/C20H32F2NO4P/c1-2-3-4-5-6-7-12-26-18-9-8-16(13-17(18)19(21)22)10-11-20(23,14-24)15-27-28-25/h8-9,13,19,24H,2-7,10-12,14-15,23H2,1H3. The number of benzene rings is 1. The summed E-state index contributed by atoms with van der Waals surface area (Å²) in [5, 5.41) is 9.42. The molecular weight excluding hydrogens is 387 g/mol. The maximum Gasteiger partial charge on any atom is 0.327 e. The summed E-state index contributed by atoms with van der Waals surface area (Å²) in [6, 6.07) is 4.72. The summed E-state index contributed by atoms with van der Waals surface area (Å²) in [5.74, 6) is 0.210. The van der Waals surface area contributed by atoms with Crippen molar-refractivity contribution >= 4 is 8.69 Å². The van der Waals surface area contributed by atoms with E-state index in [4.69, 9.17) is 15.0 Å². The number of halogens is 2. The Labute approximate surface area is 167 Å². The molecule has 8 heteroatoms. The van der Waals surface area contributed by atoms with E-state index in [1.54, 1.807) is 12.1 Å². The van der Waals surface area contributed by atoms with E-state index in [1.165, 1.54) is 25.3 Å². The summed E-state index contributed by atoms with van der Waals surface area (Å²) in [7, 11) is -0.514. The molecule has 0 aliphatic heterocycles. The van der Waals surface area contributed by atoms with Gasteiger partial charge in [-0.05, 0) is 37.0 Å². The van der Waals surface area contributed by atoms with Gasteiger partial charge in [-0.3, -0.25) is 4.52 Å². The van der Waals surface area contributed by atoms with Gasteiger partial charge in [-0.25, -0.2) is 13.3 Å². The number of nitrogens with two attached hydrogens (primary N) is 1. The first-order valence-electron chi connectivity index (χ1n) is 9.84. The smallest absolute Gasteiger partial charge is 0.327 e. The van der Waals surface area contributed by atoms with Crippen LogP contribution in [0.3, 0.4) is 0 Å². The Kier molecular flexibility index (Phi) is 12.4. The van der Waals surface area contributed by atoms with Gasteiger partial charge in [0.1, 0.15) is 5.75 Å². The summed E-state index contributed by atoms with van der Waals surface area (Å²) >= 11 is 0. The summed E-state index contributed by atoms with van der Waals surface area (Å²) in [4.78, 5) is 0. The van der Waals surface area contributed by atoms with E-state index in [1.807, 2.05) is 0 Å². The number of aliphatic hydroxyl groups excluding tert-OH is 1. The monoisotopic (exact) mass is 419 g/mol. The van der Waals surface area contributed by atoms with Crippen molar-refractivity contribution in [3.63, 3.8) is 0 Å². The SMILES string of the molecule is CCCCCCCCOc1ccc(CCC(N)(CO)COP=O)cc1C(F)F. The van der Waals surface area contributed by atoms with Crippen molar-refractivity contribution in [2.45, 2.75) is 70.3 Å². The van der Waals surface area contributed by atoms with Crippen LogP contribution in [0.2, 0.25) is 0 Å². The van der Waals surface area contributed by atoms with Crippen molar-refractivity contribution in [2.75, 3.05) is 19.8 Å². The second kappa shape index (κ2) is 13.9. The summed E-state index contributed by atoms with van der Waals surface area (Å²) < 4.78 is 47.6. The highest BCUT2D eigenvalue weighted by atomic mass is 31.1. The maximum atomic E-state index is 13.4. The molecule has 0 fully saturated rings. The van der Waals surface area contributed by atoms with Crippen LogP contribution in [0.5, 0.6) is 5.75 Å². The average molecular weight is 419 g/mol. The minimum atomic E-state index is -2.64. The molecule has 1 unspecified atom stereocenters. The normalized spacial score (nSPS) is 13.8. The highest BCUT2D eigenvalue weighted by Gasteiger charge is 2.25. The number of alkyl halides is 2. The quantitative estimate of drug-likeness (QED) is 0.284. The van der Waals surface area contributed by atoms with Gasteiger partial charge in [0.05, 0.1) is 30.9 Å². The summed E-state index contributed by atoms with van der Waals surface area (Å²) in [5.41, 5.74) is 5.45. The molecule has 28 heavy (non-hydrogen) atoms. The molecule has 0 aliphatic rings. The zero-order valence-electron chi connectivity index (χ0n) is 16.5. The third-order valence-corrected chi connectivity index (χ3v) is 4.93. The predicted octanol–water partition coefficient (Wildman–Crippen LogP) is 5.21. The third-order valence-electron chi connectivity index (χ3n) is 4.70. The Bertz CT molecular complexity index is 577. The van der Waals surface area contributed by atoms with Gasteiger partial charge in [0.15, 0.2) is 0 Å². The Hall–Kier alpha value is -1.14. The molecule has 1 rings (SSSR count). The highest BCUT2D eigenvalue weighted by Crippen LogP contribution is 2.31. The van der Waals surface area contributed by atoms with Crippen molar-refractivity contribution in [1.29, 1.82) is 0 Å². The Balaban J connectivity index is 2.60. The molecule has 0 aromatic heterocycles. The number of hydrogen-bond donors (Lipinski definition) is 2. The molecule has 0 saturated heterocycles. The highest BCUT2D eigenvalue weighted by molar-refractivity contribution is 7.17. The van der Waals surface area contributed by atoms with Gasteiger partial charge in [0, 0.05) is 0 Å². The first kappa shape index (κ1) is 24.9. The van der Waals surface area contributed by atoms with Crippen molar-refractivity contribution in [3.05, 3.63) is 29.3 Å². The van der Waals surface area contributed by atoms with Crippen LogP contribution in [0.25, 0.3) is 0 Å². The van der Waals surface area contributed by atoms with E-state index in [-0.39, 0.29) is 24.5 Å². The largest absolute Gasteiger partial charge is 0.493 e. The predicted molar refractivity (Wildman–Crippen MR) is 106 cm³/mol. The number of hydrogen-bond acceptors (Lipinski definition) is 5. The lowest BCUT2D eigenvalue weighted by atomic mass is 9.93. The molecule has 0 heterocycles. The van der Waals surface area contributed by atoms with Crippen molar-refractivity contribution in [3.8, 4) is 5.75 Å². The molecule has 0 amide bonds. The van der Waals surface area contributed by atoms with Crippen LogP contribution in [0.15, 0.2) is 18.2 Å². The van der Waals surface area contributed by atoms with Crippen LogP contribution in [0.1, 0.15) is 69.4 Å². The van der Waals surface area contributed by atoms with Gasteiger partial charge in [-0.1, -0.05) is 45.1 Å². The summed E-state index contributed by atoms with van der Waals surface area (Å²) in [6.45, 7) is 2.14. The molecule has 1 aromatic carbocycles. The second-order valence-corrected chi connectivity index (χ2v) is 7.56. The van der Waals surface area contributed by atoms with Crippen LogP contribution in [0, 0.1) is 0 Å². The fourth-order valence-electron chi connectivity index (χ4n) is 2.86. The Morgan fingerprint density at radius 3 is 2.57 bits per heavy atom. The third kappa shape index (κ3) is 9.37. The molecule has 0 spiro atoms. The van der Waals surface area contributed by atoms with E-state index >= 15 is 0 Å². The van der Waals surface area contributed by atoms with Gasteiger partial charge >= 0.3 is 8.69 Å². The van der Waals surface area contributed by atoms with Crippen LogP contribution in [0.4, 0.5) is 8.78 Å². The zero-order chi connectivity index (χ0) is 20.8. The summed E-state index contributed by atoms with van der Waals surface area (Å²) in [6.07, 6.45) is 4.68. The van der Waals surface area contributed by atoms with Crippen LogP contribution < -0.4 is 10.5 Å². The number of ether oxygens (including phenoxy) is 1. The lowest BCUT2D eigenvalue weighted by Crippen LogP contribution is -2.47. The molecule has 0 aliphatic carbocycles. The van der Waals surface area contributed by atoms with Crippen LogP contribution >= 0.6 is 8.69 Å². The van der Waals surface area contributed by atoms with E-state index in [9.17, 15) is 18.5 Å². The van der Waals surface area contributed by atoms with Crippen LogP contribution in [-0.4, -0.2) is 30.5 Å². The molecule has 0 radical (unpaired) electrons. The van der Waals surface area contributed by atoms with E-state index in [2.05, 4.69) is 6.92 Å². The zero-order valence-corrected chi connectivity index (χ0v) is 17.4. The van der Waals surface area contributed by atoms with Crippen molar-refractivity contribution < 1.29 is 27.7 Å². The fraction of sp³-hybridized carbons (Fsp3) is 0.700.